The molecule has 0 fully saturated rings. The Labute approximate surface area is 93.8 Å². The Hall–Kier alpha value is -0.820. The van der Waals surface area contributed by atoms with Crippen molar-refractivity contribution in [1.29, 1.82) is 0 Å². The van der Waals surface area contributed by atoms with Crippen molar-refractivity contribution in [2.75, 3.05) is 20.6 Å². The van der Waals surface area contributed by atoms with Crippen molar-refractivity contribution in [2.24, 2.45) is 0 Å². The molecule has 0 radical (unpaired) electrons. The summed E-state index contributed by atoms with van der Waals surface area (Å²) in [6.45, 7) is 21.4. The first-order valence-electron chi connectivity index (χ1n) is 3.92. The van der Waals surface area contributed by atoms with Crippen molar-refractivity contribution in [1.82, 2.24) is 4.90 Å². The molecule has 0 rings (SSSR count). The molecule has 0 spiro atoms. The zero-order valence-electron chi connectivity index (χ0n) is 9.10. The summed E-state index contributed by atoms with van der Waals surface area (Å²) in [5, 5.41) is 0. The lowest BCUT2D eigenvalue weighted by Gasteiger charge is -2.03. The van der Waals surface area contributed by atoms with E-state index in [4.69, 9.17) is 0 Å². The highest BCUT2D eigenvalue weighted by atomic mass is 15.0. The van der Waals surface area contributed by atoms with Gasteiger partial charge in [-0.25, -0.2) is 0 Å². The summed E-state index contributed by atoms with van der Waals surface area (Å²) in [6.07, 6.45) is 1.26. The Kier molecular flexibility index (Phi) is 236. The predicted molar refractivity (Wildman–Crippen MR) is 76.1 cm³/mol. The molecule has 1 nitrogen and oxygen atoms in total. The van der Waals surface area contributed by atoms with Gasteiger partial charge in [0.2, 0.25) is 0 Å². The minimum absolute atomic E-state index is 0. The van der Waals surface area contributed by atoms with Gasteiger partial charge < -0.3 is 4.90 Å². The highest BCUT2D eigenvalue weighted by Gasteiger charge is 1.79. The standard InChI is InChI=1S/C5H13N.3C2H4.2CH4/c1-4-5-6(2)3;3*1-2;;/h4-5H2,1-3H3;3*1-2H2;2*1H4. The van der Waals surface area contributed by atoms with Gasteiger partial charge in [0.05, 0.1) is 0 Å². The summed E-state index contributed by atoms with van der Waals surface area (Å²) in [5.74, 6) is 0. The van der Waals surface area contributed by atoms with E-state index in [2.05, 4.69) is 65.4 Å². The second kappa shape index (κ2) is 87.1. The number of nitrogens with zero attached hydrogens (tertiary/aromatic N) is 1. The van der Waals surface area contributed by atoms with Crippen molar-refractivity contribution >= 4 is 0 Å². The van der Waals surface area contributed by atoms with E-state index in [9.17, 15) is 0 Å². The lowest BCUT2D eigenvalue weighted by molar-refractivity contribution is 0.408. The Bertz CT molecular complexity index is 46.4. The van der Waals surface area contributed by atoms with Crippen molar-refractivity contribution in [3.8, 4) is 0 Å². The molecule has 0 amide bonds. The van der Waals surface area contributed by atoms with Crippen LogP contribution in [0.15, 0.2) is 39.5 Å². The molecule has 0 aliphatic rings. The molecule has 14 heavy (non-hydrogen) atoms. The summed E-state index contributed by atoms with van der Waals surface area (Å²) in [5.41, 5.74) is 0. The molecule has 0 atom stereocenters. The van der Waals surface area contributed by atoms with E-state index in [0.717, 1.165) is 0 Å². The smallest absolute Gasteiger partial charge is 0.00275 e. The SMILES string of the molecule is C.C.C=C.C=C.C=C.CCCN(C)C. The van der Waals surface area contributed by atoms with Crippen molar-refractivity contribution < 1.29 is 0 Å². The van der Waals surface area contributed by atoms with Crippen LogP contribution in [0.1, 0.15) is 28.2 Å². The van der Waals surface area contributed by atoms with Gasteiger partial charge >= 0.3 is 0 Å². The third-order valence-corrected chi connectivity index (χ3v) is 0.671. The Balaban J connectivity index is -0.0000000175. The van der Waals surface area contributed by atoms with Gasteiger partial charge in [0.25, 0.3) is 0 Å². The largest absolute Gasteiger partial charge is 0.309 e. The van der Waals surface area contributed by atoms with Gasteiger partial charge in [-0.1, -0.05) is 21.8 Å². The lowest BCUT2D eigenvalue weighted by atomic mass is 10.5. The van der Waals surface area contributed by atoms with Gasteiger partial charge in [0.1, 0.15) is 0 Å². The van der Waals surface area contributed by atoms with E-state index in [0.29, 0.717) is 0 Å². The second-order valence-corrected chi connectivity index (χ2v) is 1.80. The van der Waals surface area contributed by atoms with Crippen LogP contribution in [0.4, 0.5) is 0 Å². The van der Waals surface area contributed by atoms with Crippen LogP contribution < -0.4 is 0 Å². The minimum atomic E-state index is 0. The molecular formula is C13H33N. The predicted octanol–water partition coefficient (Wildman–Crippen LogP) is 4.64. The summed E-state index contributed by atoms with van der Waals surface area (Å²) >= 11 is 0. The van der Waals surface area contributed by atoms with Crippen LogP contribution >= 0.6 is 0 Å². The van der Waals surface area contributed by atoms with Crippen LogP contribution in [0.2, 0.25) is 0 Å². The minimum Gasteiger partial charge on any atom is -0.309 e. The maximum atomic E-state index is 3.00. The van der Waals surface area contributed by atoms with E-state index in [-0.39, 0.29) is 14.9 Å². The molecule has 0 aliphatic heterocycles. The first kappa shape index (κ1) is 37.9. The fourth-order valence-corrected chi connectivity index (χ4v) is 0.447. The van der Waals surface area contributed by atoms with Gasteiger partial charge in [-0.05, 0) is 27.1 Å². The number of hydrogen-bond acceptors (Lipinski definition) is 1. The molecule has 90 valence electrons. The highest BCUT2D eigenvalue weighted by molar-refractivity contribution is 4.34. The Morgan fingerprint density at radius 1 is 0.786 bits per heavy atom. The van der Waals surface area contributed by atoms with Gasteiger partial charge in [-0.2, -0.15) is 0 Å². The van der Waals surface area contributed by atoms with E-state index in [1.54, 1.807) is 0 Å². The van der Waals surface area contributed by atoms with Crippen LogP contribution in [0, 0.1) is 0 Å². The summed E-state index contributed by atoms with van der Waals surface area (Å²) in [7, 11) is 4.17. The van der Waals surface area contributed by atoms with Gasteiger partial charge in [0, 0.05) is 0 Å². The zero-order chi connectivity index (χ0) is 11.0. The topological polar surface area (TPSA) is 3.24 Å². The Morgan fingerprint density at radius 3 is 1.00 bits per heavy atom. The third kappa shape index (κ3) is 244. The van der Waals surface area contributed by atoms with Crippen molar-refractivity contribution in [2.45, 2.75) is 28.2 Å². The number of rotatable bonds is 2. The molecular weight excluding hydrogens is 170 g/mol. The van der Waals surface area contributed by atoms with E-state index in [1.165, 1.54) is 13.0 Å². The van der Waals surface area contributed by atoms with Crippen molar-refractivity contribution in [3.05, 3.63) is 39.5 Å². The first-order valence-corrected chi connectivity index (χ1v) is 3.92. The fourth-order valence-electron chi connectivity index (χ4n) is 0.447. The molecule has 0 bridgehead atoms. The maximum Gasteiger partial charge on any atom is -0.00275 e. The van der Waals surface area contributed by atoms with Gasteiger partial charge in [0.15, 0.2) is 0 Å². The molecule has 0 unspecified atom stereocenters. The second-order valence-electron chi connectivity index (χ2n) is 1.80. The summed E-state index contributed by atoms with van der Waals surface area (Å²) in [4.78, 5) is 2.18. The quantitative estimate of drug-likeness (QED) is 0.591. The summed E-state index contributed by atoms with van der Waals surface area (Å²) in [6, 6.07) is 0. The molecule has 0 saturated carbocycles. The molecule has 0 aromatic rings. The molecule has 1 heteroatoms. The normalized spacial score (nSPS) is 5.14. The van der Waals surface area contributed by atoms with Gasteiger partial charge in [-0.15, -0.1) is 39.5 Å². The number of hydrogen-bond donors (Lipinski definition) is 0. The molecule has 0 N–H and O–H groups in total. The molecule has 0 heterocycles. The maximum absolute atomic E-state index is 3.00. The fraction of sp³-hybridized carbons (Fsp3) is 0.538. The average Bonchev–Trinajstić information content (AvgIpc) is 2.14. The molecule has 0 aromatic carbocycles. The Morgan fingerprint density at radius 2 is 1.00 bits per heavy atom. The van der Waals surface area contributed by atoms with E-state index >= 15 is 0 Å². The van der Waals surface area contributed by atoms with Crippen LogP contribution in [0.3, 0.4) is 0 Å². The first-order chi connectivity index (χ1) is 5.77. The monoisotopic (exact) mass is 203 g/mol. The highest BCUT2D eigenvalue weighted by Crippen LogP contribution is 1.76. The van der Waals surface area contributed by atoms with Crippen LogP contribution in [0.5, 0.6) is 0 Å². The van der Waals surface area contributed by atoms with E-state index < -0.39 is 0 Å². The third-order valence-electron chi connectivity index (χ3n) is 0.671. The zero-order valence-corrected chi connectivity index (χ0v) is 9.10. The summed E-state index contributed by atoms with van der Waals surface area (Å²) < 4.78 is 0. The molecule has 0 aromatic heterocycles. The van der Waals surface area contributed by atoms with Gasteiger partial charge in [-0.3, -0.25) is 0 Å². The van der Waals surface area contributed by atoms with Crippen LogP contribution in [-0.2, 0) is 0 Å². The lowest BCUT2D eigenvalue weighted by Crippen LogP contribution is -2.11. The van der Waals surface area contributed by atoms with Crippen LogP contribution in [0.25, 0.3) is 0 Å². The molecule has 0 aliphatic carbocycles. The van der Waals surface area contributed by atoms with Crippen molar-refractivity contribution in [3.63, 3.8) is 0 Å². The van der Waals surface area contributed by atoms with Crippen LogP contribution in [-0.4, -0.2) is 25.5 Å². The van der Waals surface area contributed by atoms with E-state index in [1.807, 2.05) is 0 Å². The average molecular weight is 203 g/mol. The molecule has 0 saturated heterocycles.